The Labute approximate surface area is 137 Å². The summed E-state index contributed by atoms with van der Waals surface area (Å²) in [6, 6.07) is 12.7. The van der Waals surface area contributed by atoms with E-state index in [0.717, 1.165) is 25.2 Å². The van der Waals surface area contributed by atoms with E-state index in [2.05, 4.69) is 41.5 Å². The maximum absolute atomic E-state index is 11.3. The molecule has 1 aromatic carbocycles. The first kappa shape index (κ1) is 15.8. The minimum atomic E-state index is -0.357. The number of piperidine rings is 1. The number of carbonyl (C=O) groups excluding carboxylic acids is 1. The molecular weight excluding hydrogens is 286 g/mol. The highest BCUT2D eigenvalue weighted by molar-refractivity contribution is 5.92. The van der Waals surface area contributed by atoms with Crippen molar-refractivity contribution in [2.75, 3.05) is 13.1 Å². The molecule has 0 atom stereocenters. The molecule has 1 amide bonds. The minimum absolute atomic E-state index is 0.357. The molecule has 1 aliphatic rings. The van der Waals surface area contributed by atoms with Gasteiger partial charge in [0.05, 0.1) is 0 Å². The molecule has 2 heterocycles. The quantitative estimate of drug-likeness (QED) is 0.943. The number of primary amides is 1. The molecule has 4 heteroatoms. The number of carbonyl (C=O) groups is 1. The highest BCUT2D eigenvalue weighted by atomic mass is 16.1. The molecule has 0 aliphatic carbocycles. The van der Waals surface area contributed by atoms with E-state index in [1.54, 1.807) is 6.07 Å². The minimum Gasteiger partial charge on any atom is -0.366 e. The van der Waals surface area contributed by atoms with Crippen LogP contribution in [0.1, 0.15) is 46.2 Å². The highest BCUT2D eigenvalue weighted by Crippen LogP contribution is 2.27. The van der Waals surface area contributed by atoms with Crippen molar-refractivity contribution < 1.29 is 4.79 Å². The topological polar surface area (TPSA) is 51.3 Å². The van der Waals surface area contributed by atoms with Gasteiger partial charge in [-0.1, -0.05) is 12.1 Å². The van der Waals surface area contributed by atoms with Gasteiger partial charge in [0.15, 0.2) is 0 Å². The van der Waals surface area contributed by atoms with E-state index in [1.807, 2.05) is 12.1 Å². The smallest absolute Gasteiger partial charge is 0.248 e. The Morgan fingerprint density at radius 2 is 1.78 bits per heavy atom. The van der Waals surface area contributed by atoms with E-state index in [1.165, 1.54) is 24.2 Å². The molecule has 0 unspecified atom stereocenters. The van der Waals surface area contributed by atoms with Crippen LogP contribution in [0.2, 0.25) is 0 Å². The molecule has 2 N–H and O–H groups in total. The Morgan fingerprint density at radius 3 is 2.39 bits per heavy atom. The maximum atomic E-state index is 11.3. The second kappa shape index (κ2) is 6.59. The van der Waals surface area contributed by atoms with E-state index in [9.17, 15) is 4.79 Å². The molecule has 4 nitrogen and oxygen atoms in total. The molecule has 122 valence electrons. The van der Waals surface area contributed by atoms with Crippen LogP contribution in [0.15, 0.2) is 36.4 Å². The molecular formula is C19H25N3O. The van der Waals surface area contributed by atoms with E-state index in [0.29, 0.717) is 11.6 Å². The van der Waals surface area contributed by atoms with Gasteiger partial charge < -0.3 is 10.3 Å². The van der Waals surface area contributed by atoms with Crippen LogP contribution in [-0.2, 0) is 6.54 Å². The lowest BCUT2D eigenvalue weighted by Gasteiger charge is -2.34. The van der Waals surface area contributed by atoms with Crippen LogP contribution in [0.25, 0.3) is 0 Å². The molecule has 1 saturated heterocycles. The second-order valence-corrected chi connectivity index (χ2v) is 6.56. The molecule has 2 aromatic rings. The summed E-state index contributed by atoms with van der Waals surface area (Å²) >= 11 is 0. The summed E-state index contributed by atoms with van der Waals surface area (Å²) < 4.78 is 2.48. The average Bonchev–Trinajstić information content (AvgIpc) is 2.87. The standard InChI is InChI=1S/C19H25N3O/c1-14-6-7-15(2)22(14)18-8-10-21(11-9-18)13-16-4-3-5-17(12-16)19(20)23/h3-7,12,18H,8-11,13H2,1-2H3,(H2,20,23). The van der Waals surface area contributed by atoms with E-state index in [4.69, 9.17) is 5.73 Å². The van der Waals surface area contributed by atoms with Gasteiger partial charge in [-0.3, -0.25) is 9.69 Å². The fourth-order valence-electron chi connectivity index (χ4n) is 3.67. The Kier molecular flexibility index (Phi) is 4.53. The largest absolute Gasteiger partial charge is 0.366 e. The molecule has 0 saturated carbocycles. The Hall–Kier alpha value is -2.07. The Bertz CT molecular complexity index is 677. The molecule has 0 bridgehead atoms. The van der Waals surface area contributed by atoms with Crippen LogP contribution in [0, 0.1) is 13.8 Å². The third kappa shape index (κ3) is 3.48. The zero-order valence-corrected chi connectivity index (χ0v) is 14.0. The number of nitrogens with zero attached hydrogens (tertiary/aromatic N) is 2. The van der Waals surface area contributed by atoms with Gasteiger partial charge in [0, 0.05) is 42.6 Å². The lowest BCUT2D eigenvalue weighted by Crippen LogP contribution is -2.34. The zero-order valence-electron chi connectivity index (χ0n) is 14.0. The fraction of sp³-hybridized carbons (Fsp3) is 0.421. The first-order valence-electron chi connectivity index (χ1n) is 8.30. The first-order valence-corrected chi connectivity index (χ1v) is 8.30. The number of rotatable bonds is 4. The van der Waals surface area contributed by atoms with E-state index in [-0.39, 0.29) is 5.91 Å². The van der Waals surface area contributed by atoms with Crippen molar-refractivity contribution in [3.8, 4) is 0 Å². The van der Waals surface area contributed by atoms with Gasteiger partial charge in [0.25, 0.3) is 0 Å². The van der Waals surface area contributed by atoms with Crippen molar-refractivity contribution in [1.29, 1.82) is 0 Å². The number of benzene rings is 1. The van der Waals surface area contributed by atoms with Crippen molar-refractivity contribution in [2.24, 2.45) is 5.73 Å². The van der Waals surface area contributed by atoms with Crippen LogP contribution in [0.4, 0.5) is 0 Å². The van der Waals surface area contributed by atoms with Gasteiger partial charge in [-0.2, -0.15) is 0 Å². The summed E-state index contributed by atoms with van der Waals surface area (Å²) in [5, 5.41) is 0. The number of hydrogen-bond donors (Lipinski definition) is 1. The summed E-state index contributed by atoms with van der Waals surface area (Å²) in [4.78, 5) is 13.8. The van der Waals surface area contributed by atoms with Gasteiger partial charge in [0.1, 0.15) is 0 Å². The third-order valence-corrected chi connectivity index (χ3v) is 4.87. The molecule has 1 aromatic heterocycles. The van der Waals surface area contributed by atoms with Gasteiger partial charge in [0.2, 0.25) is 5.91 Å². The van der Waals surface area contributed by atoms with Crippen molar-refractivity contribution in [1.82, 2.24) is 9.47 Å². The Balaban J connectivity index is 1.61. The number of likely N-dealkylation sites (tertiary alicyclic amines) is 1. The summed E-state index contributed by atoms with van der Waals surface area (Å²) in [6.07, 6.45) is 2.34. The van der Waals surface area contributed by atoms with Crippen molar-refractivity contribution in [3.63, 3.8) is 0 Å². The fourth-order valence-corrected chi connectivity index (χ4v) is 3.67. The zero-order chi connectivity index (χ0) is 16.4. The van der Waals surface area contributed by atoms with Crippen molar-refractivity contribution in [2.45, 2.75) is 39.3 Å². The predicted molar refractivity (Wildman–Crippen MR) is 92.4 cm³/mol. The lowest BCUT2D eigenvalue weighted by atomic mass is 10.0. The first-order chi connectivity index (χ1) is 11.0. The van der Waals surface area contributed by atoms with Crippen LogP contribution in [0.5, 0.6) is 0 Å². The molecule has 1 fully saturated rings. The predicted octanol–water partition coefficient (Wildman–Crippen LogP) is 3.04. The van der Waals surface area contributed by atoms with Crippen molar-refractivity contribution in [3.05, 3.63) is 58.9 Å². The van der Waals surface area contributed by atoms with Crippen LogP contribution < -0.4 is 5.73 Å². The number of amides is 1. The Morgan fingerprint density at radius 1 is 1.13 bits per heavy atom. The molecule has 0 spiro atoms. The average molecular weight is 311 g/mol. The van der Waals surface area contributed by atoms with Crippen LogP contribution >= 0.6 is 0 Å². The van der Waals surface area contributed by atoms with Gasteiger partial charge in [-0.25, -0.2) is 0 Å². The number of aryl methyl sites for hydroxylation is 2. The summed E-state index contributed by atoms with van der Waals surface area (Å²) in [7, 11) is 0. The molecule has 23 heavy (non-hydrogen) atoms. The maximum Gasteiger partial charge on any atom is 0.248 e. The van der Waals surface area contributed by atoms with Crippen LogP contribution in [0.3, 0.4) is 0 Å². The molecule has 3 rings (SSSR count). The highest BCUT2D eigenvalue weighted by Gasteiger charge is 2.22. The third-order valence-electron chi connectivity index (χ3n) is 4.87. The summed E-state index contributed by atoms with van der Waals surface area (Å²) in [6.45, 7) is 7.44. The second-order valence-electron chi connectivity index (χ2n) is 6.56. The van der Waals surface area contributed by atoms with E-state index < -0.39 is 0 Å². The van der Waals surface area contributed by atoms with Gasteiger partial charge in [-0.15, -0.1) is 0 Å². The molecule has 0 radical (unpaired) electrons. The van der Waals surface area contributed by atoms with Gasteiger partial charge >= 0.3 is 0 Å². The van der Waals surface area contributed by atoms with Crippen molar-refractivity contribution >= 4 is 5.91 Å². The lowest BCUT2D eigenvalue weighted by molar-refractivity contribution is 0.1000. The van der Waals surface area contributed by atoms with Gasteiger partial charge in [-0.05, 0) is 56.5 Å². The van der Waals surface area contributed by atoms with Crippen LogP contribution in [-0.4, -0.2) is 28.5 Å². The number of hydrogen-bond acceptors (Lipinski definition) is 2. The number of nitrogens with two attached hydrogens (primary N) is 1. The summed E-state index contributed by atoms with van der Waals surface area (Å²) in [5.74, 6) is -0.357. The molecule has 1 aliphatic heterocycles. The SMILES string of the molecule is Cc1ccc(C)n1C1CCN(Cc2cccc(C(N)=O)c2)CC1. The summed E-state index contributed by atoms with van der Waals surface area (Å²) in [5.41, 5.74) is 9.83. The normalized spacial score (nSPS) is 16.6. The van der Waals surface area contributed by atoms with E-state index >= 15 is 0 Å². The number of aromatic nitrogens is 1. The monoisotopic (exact) mass is 311 g/mol.